The summed E-state index contributed by atoms with van der Waals surface area (Å²) in [7, 11) is 0. The number of para-hydroxylation sites is 1. The monoisotopic (exact) mass is 513 g/mol. The maximum atomic E-state index is 12.1. The molecule has 9 nitrogen and oxygen atoms in total. The van der Waals surface area contributed by atoms with E-state index in [9.17, 15) is 22.8 Å². The Morgan fingerprint density at radius 1 is 1.24 bits per heavy atom. The molecule has 0 saturated heterocycles. The summed E-state index contributed by atoms with van der Waals surface area (Å²) in [6, 6.07) is 8.46. The van der Waals surface area contributed by atoms with E-state index < -0.39 is 24.0 Å². The summed E-state index contributed by atoms with van der Waals surface area (Å²) >= 11 is 0. The number of benzene rings is 1. The van der Waals surface area contributed by atoms with E-state index in [0.29, 0.717) is 34.1 Å². The van der Waals surface area contributed by atoms with Crippen molar-refractivity contribution in [1.29, 1.82) is 5.41 Å². The first-order valence-corrected chi connectivity index (χ1v) is 11.7. The van der Waals surface area contributed by atoms with Gasteiger partial charge in [-0.05, 0) is 36.8 Å². The van der Waals surface area contributed by atoms with Crippen molar-refractivity contribution in [3.8, 4) is 11.3 Å². The Labute approximate surface area is 209 Å². The van der Waals surface area contributed by atoms with Crippen molar-refractivity contribution in [3.05, 3.63) is 80.9 Å². The average molecular weight is 514 g/mol. The standard InChI is InChI=1S/C13H11N5O2.C12H15F3N2/c19-12-9(6-15-13(20)16-12)10-5-8(7-1-2-7)11-14-3-4-18(11)17-10;1-8(2)11(16)9-5-3-4-6-10(9)17-7-12(13,14)15/h3-7H,1-2H2,(H2,15,16,19,20);3-6,8,16-17H,7H2,1-2H3. The molecule has 0 atom stereocenters. The number of alkyl halides is 3. The smallest absolute Gasteiger partial charge is 0.376 e. The van der Waals surface area contributed by atoms with E-state index >= 15 is 0 Å². The molecule has 1 aliphatic rings. The lowest BCUT2D eigenvalue weighted by Gasteiger charge is -2.15. The van der Waals surface area contributed by atoms with E-state index in [-0.39, 0.29) is 5.92 Å². The quantitative estimate of drug-likeness (QED) is 0.285. The number of hydrogen-bond acceptors (Lipinski definition) is 6. The Balaban J connectivity index is 0.000000176. The van der Waals surface area contributed by atoms with Crippen LogP contribution < -0.4 is 16.6 Å². The fraction of sp³-hybridized carbons (Fsp3) is 0.320. The van der Waals surface area contributed by atoms with Crippen molar-refractivity contribution in [1.82, 2.24) is 24.6 Å². The molecule has 0 spiro atoms. The van der Waals surface area contributed by atoms with Crippen LogP contribution in [0.15, 0.2) is 58.5 Å². The van der Waals surface area contributed by atoms with E-state index in [4.69, 9.17) is 5.41 Å². The van der Waals surface area contributed by atoms with Gasteiger partial charge in [0.2, 0.25) is 0 Å². The molecule has 1 aliphatic carbocycles. The molecule has 0 aliphatic heterocycles. The molecule has 1 saturated carbocycles. The van der Waals surface area contributed by atoms with Crippen molar-refractivity contribution in [2.75, 3.05) is 11.9 Å². The Morgan fingerprint density at radius 3 is 2.62 bits per heavy atom. The van der Waals surface area contributed by atoms with Gasteiger partial charge < -0.3 is 15.7 Å². The zero-order chi connectivity index (χ0) is 26.7. The van der Waals surface area contributed by atoms with Gasteiger partial charge in [0.25, 0.3) is 5.56 Å². The van der Waals surface area contributed by atoms with Crippen LogP contribution in [0.2, 0.25) is 0 Å². The molecule has 4 aromatic rings. The van der Waals surface area contributed by atoms with Gasteiger partial charge in [-0.2, -0.15) is 18.3 Å². The molecule has 1 aromatic carbocycles. The van der Waals surface area contributed by atoms with Crippen LogP contribution in [0.25, 0.3) is 16.9 Å². The van der Waals surface area contributed by atoms with Gasteiger partial charge in [-0.15, -0.1) is 0 Å². The van der Waals surface area contributed by atoms with Crippen molar-refractivity contribution in [2.24, 2.45) is 5.92 Å². The number of nitrogens with zero attached hydrogens (tertiary/aromatic N) is 3. The molecule has 37 heavy (non-hydrogen) atoms. The molecule has 12 heteroatoms. The second kappa shape index (κ2) is 10.4. The van der Waals surface area contributed by atoms with Crippen LogP contribution in [0.1, 0.15) is 43.7 Å². The molecule has 1 fully saturated rings. The first kappa shape index (κ1) is 25.9. The highest BCUT2D eigenvalue weighted by Gasteiger charge is 2.28. The lowest BCUT2D eigenvalue weighted by molar-refractivity contribution is -0.115. The van der Waals surface area contributed by atoms with Crippen molar-refractivity contribution >= 4 is 17.0 Å². The second-order valence-electron chi connectivity index (χ2n) is 9.02. The van der Waals surface area contributed by atoms with Crippen molar-refractivity contribution in [3.63, 3.8) is 0 Å². The number of anilines is 1. The first-order valence-electron chi connectivity index (χ1n) is 11.7. The van der Waals surface area contributed by atoms with Crippen LogP contribution in [0.3, 0.4) is 0 Å². The molecule has 0 radical (unpaired) electrons. The summed E-state index contributed by atoms with van der Waals surface area (Å²) in [6.45, 7) is 2.58. The Morgan fingerprint density at radius 2 is 1.97 bits per heavy atom. The van der Waals surface area contributed by atoms with Gasteiger partial charge in [-0.3, -0.25) is 9.78 Å². The number of H-pyrrole nitrogens is 2. The molecule has 0 bridgehead atoms. The summed E-state index contributed by atoms with van der Waals surface area (Å²) in [4.78, 5) is 31.9. The van der Waals surface area contributed by atoms with Crippen LogP contribution in [0.4, 0.5) is 18.9 Å². The van der Waals surface area contributed by atoms with Crippen molar-refractivity contribution < 1.29 is 13.2 Å². The third-order valence-electron chi connectivity index (χ3n) is 5.77. The number of nitrogens with one attached hydrogen (secondary N) is 4. The maximum Gasteiger partial charge on any atom is 0.405 e. The van der Waals surface area contributed by atoms with Gasteiger partial charge in [0.05, 0.1) is 11.3 Å². The fourth-order valence-corrected chi connectivity index (χ4v) is 3.75. The molecule has 194 valence electrons. The number of aromatic amines is 2. The minimum absolute atomic E-state index is 0.0242. The molecule has 5 rings (SSSR count). The predicted octanol–water partition coefficient (Wildman–Crippen LogP) is 4.33. The van der Waals surface area contributed by atoms with Gasteiger partial charge in [0.15, 0.2) is 5.65 Å². The van der Waals surface area contributed by atoms with Gasteiger partial charge in [0.1, 0.15) is 6.54 Å². The normalized spacial score (nSPS) is 13.4. The largest absolute Gasteiger partial charge is 0.405 e. The van der Waals surface area contributed by atoms with E-state index in [0.717, 1.165) is 24.1 Å². The lowest BCUT2D eigenvalue weighted by atomic mass is 9.98. The predicted molar refractivity (Wildman–Crippen MR) is 134 cm³/mol. The van der Waals surface area contributed by atoms with Gasteiger partial charge in [-0.1, -0.05) is 32.0 Å². The first-order chi connectivity index (χ1) is 17.5. The highest BCUT2D eigenvalue weighted by Crippen LogP contribution is 2.42. The van der Waals surface area contributed by atoms with Gasteiger partial charge in [-0.25, -0.2) is 14.3 Å². The van der Waals surface area contributed by atoms with Crippen LogP contribution in [0, 0.1) is 11.3 Å². The summed E-state index contributed by atoms with van der Waals surface area (Å²) in [5.41, 5.74) is 3.05. The van der Waals surface area contributed by atoms with Crippen LogP contribution in [-0.4, -0.2) is 43.0 Å². The molecule has 3 heterocycles. The van der Waals surface area contributed by atoms with Crippen LogP contribution in [-0.2, 0) is 0 Å². The topological polar surface area (TPSA) is 132 Å². The molecule has 0 amide bonds. The lowest BCUT2D eigenvalue weighted by Crippen LogP contribution is -2.23. The Kier molecular flexibility index (Phi) is 7.28. The molecule has 0 unspecified atom stereocenters. The van der Waals surface area contributed by atoms with Crippen LogP contribution >= 0.6 is 0 Å². The maximum absolute atomic E-state index is 12.1. The second-order valence-corrected chi connectivity index (χ2v) is 9.02. The molecule has 3 aromatic heterocycles. The minimum atomic E-state index is -4.26. The van der Waals surface area contributed by atoms with E-state index in [2.05, 4.69) is 25.4 Å². The summed E-state index contributed by atoms with van der Waals surface area (Å²) in [6.07, 6.45) is 2.84. The Bertz CT molecular complexity index is 1530. The third-order valence-corrected chi connectivity index (χ3v) is 5.77. The Hall–Kier alpha value is -4.22. The molecular formula is C25H26F3N7O2. The number of fused-ring (bicyclic) bond motifs is 1. The zero-order valence-electron chi connectivity index (χ0n) is 20.2. The average Bonchev–Trinajstić information content (AvgIpc) is 3.58. The van der Waals surface area contributed by atoms with E-state index in [1.165, 1.54) is 6.20 Å². The number of imidazole rings is 1. The minimum Gasteiger partial charge on any atom is -0.376 e. The van der Waals surface area contributed by atoms with Gasteiger partial charge in [0, 0.05) is 41.1 Å². The van der Waals surface area contributed by atoms with E-state index in [1.807, 2.05) is 19.9 Å². The SMILES string of the molecule is CC(C)C(=N)c1ccccc1NCC(F)(F)F.O=c1[nH]cc(-c2cc(C3CC3)c3nccn3n2)c(=O)[nH]1. The number of halogens is 3. The number of aromatic nitrogens is 5. The van der Waals surface area contributed by atoms with E-state index in [1.54, 1.807) is 41.2 Å². The van der Waals surface area contributed by atoms with Gasteiger partial charge >= 0.3 is 11.9 Å². The molecule has 4 N–H and O–H groups in total. The van der Waals surface area contributed by atoms with Crippen molar-refractivity contribution in [2.45, 2.75) is 38.8 Å². The zero-order valence-corrected chi connectivity index (χ0v) is 20.2. The van der Waals surface area contributed by atoms with Crippen LogP contribution in [0.5, 0.6) is 0 Å². The third kappa shape index (κ3) is 6.32. The highest BCUT2D eigenvalue weighted by atomic mass is 19.4. The summed E-state index contributed by atoms with van der Waals surface area (Å²) < 4.78 is 38.0. The molecular weight excluding hydrogens is 487 g/mol. The number of hydrogen-bond donors (Lipinski definition) is 4. The number of rotatable bonds is 6. The summed E-state index contributed by atoms with van der Waals surface area (Å²) in [5.74, 6) is 0.465. The fourth-order valence-electron chi connectivity index (χ4n) is 3.75. The highest BCUT2D eigenvalue weighted by molar-refractivity contribution is 6.04. The summed E-state index contributed by atoms with van der Waals surface area (Å²) in [5, 5.41) is 14.5.